The average molecular weight is 276 g/mol. The van der Waals surface area contributed by atoms with Crippen LogP contribution in [0.1, 0.15) is 27.7 Å². The first kappa shape index (κ1) is 13.4. The molecule has 3 rings (SSSR count). The van der Waals surface area contributed by atoms with Crippen molar-refractivity contribution in [3.8, 4) is 5.75 Å². The predicted molar refractivity (Wildman–Crippen MR) is 74.1 cm³/mol. The van der Waals surface area contributed by atoms with Gasteiger partial charge < -0.3 is 19.4 Å². The summed E-state index contributed by atoms with van der Waals surface area (Å²) in [4.78, 5) is 15.4. The van der Waals surface area contributed by atoms with Crippen molar-refractivity contribution in [3.63, 3.8) is 0 Å². The highest BCUT2D eigenvalue weighted by Crippen LogP contribution is 2.36. The van der Waals surface area contributed by atoms with Gasteiger partial charge in [0.05, 0.1) is 11.2 Å². The molecule has 1 amide bonds. The van der Waals surface area contributed by atoms with Crippen molar-refractivity contribution in [2.24, 2.45) is 0 Å². The fourth-order valence-corrected chi connectivity index (χ4v) is 2.08. The van der Waals surface area contributed by atoms with Crippen LogP contribution in [0.3, 0.4) is 0 Å². The summed E-state index contributed by atoms with van der Waals surface area (Å²) in [6, 6.07) is 1.80. The molecule has 0 spiro atoms. The number of carbonyl (C=O) groups excluding carboxylic acids is 1. The molecular formula is C13H17BN2O4. The van der Waals surface area contributed by atoms with Crippen LogP contribution in [0.25, 0.3) is 0 Å². The van der Waals surface area contributed by atoms with Gasteiger partial charge in [0.2, 0.25) is 0 Å². The summed E-state index contributed by atoms with van der Waals surface area (Å²) in [6.07, 6.45) is 1.63. The molecule has 1 aromatic heterocycles. The Morgan fingerprint density at radius 3 is 2.55 bits per heavy atom. The van der Waals surface area contributed by atoms with E-state index in [4.69, 9.17) is 14.0 Å². The molecule has 0 aliphatic carbocycles. The van der Waals surface area contributed by atoms with Crippen molar-refractivity contribution in [2.75, 3.05) is 11.9 Å². The van der Waals surface area contributed by atoms with Gasteiger partial charge in [0, 0.05) is 11.7 Å². The number of hydrogen-bond donors (Lipinski definition) is 1. The van der Waals surface area contributed by atoms with Crippen LogP contribution < -0.4 is 15.5 Å². The minimum absolute atomic E-state index is 0.00149. The maximum absolute atomic E-state index is 11.2. The summed E-state index contributed by atoms with van der Waals surface area (Å²) in [6.45, 7) is 7.98. The zero-order valence-corrected chi connectivity index (χ0v) is 12.0. The number of nitrogens with zero attached hydrogens (tertiary/aromatic N) is 1. The van der Waals surface area contributed by atoms with Gasteiger partial charge in [-0.2, -0.15) is 0 Å². The third-order valence-corrected chi connectivity index (χ3v) is 4.02. The van der Waals surface area contributed by atoms with Gasteiger partial charge in [-0.3, -0.25) is 4.79 Å². The van der Waals surface area contributed by atoms with E-state index < -0.39 is 18.3 Å². The predicted octanol–water partition coefficient (Wildman–Crippen LogP) is 0.712. The molecule has 6 nitrogen and oxygen atoms in total. The van der Waals surface area contributed by atoms with Crippen LogP contribution >= 0.6 is 0 Å². The van der Waals surface area contributed by atoms with E-state index in [0.29, 0.717) is 11.6 Å². The molecule has 7 heteroatoms. The van der Waals surface area contributed by atoms with Crippen molar-refractivity contribution in [1.29, 1.82) is 0 Å². The monoisotopic (exact) mass is 276 g/mol. The third-order valence-electron chi connectivity index (χ3n) is 4.02. The van der Waals surface area contributed by atoms with Crippen molar-refractivity contribution in [1.82, 2.24) is 4.98 Å². The number of rotatable bonds is 1. The molecule has 0 radical (unpaired) electrons. The van der Waals surface area contributed by atoms with Crippen molar-refractivity contribution in [3.05, 3.63) is 12.3 Å². The van der Waals surface area contributed by atoms with Gasteiger partial charge in [0.25, 0.3) is 5.91 Å². The largest absolute Gasteiger partial charge is 0.496 e. The summed E-state index contributed by atoms with van der Waals surface area (Å²) in [5.74, 6) is 0.770. The van der Waals surface area contributed by atoms with E-state index in [9.17, 15) is 4.79 Å². The Balaban J connectivity index is 1.88. The lowest BCUT2D eigenvalue weighted by Crippen LogP contribution is -2.41. The fourth-order valence-electron chi connectivity index (χ4n) is 2.08. The number of carbonyl (C=O) groups is 1. The maximum atomic E-state index is 11.2. The van der Waals surface area contributed by atoms with E-state index in [1.807, 2.05) is 27.7 Å². The molecule has 0 atom stereocenters. The highest BCUT2D eigenvalue weighted by atomic mass is 16.7. The lowest BCUT2D eigenvalue weighted by molar-refractivity contribution is -0.118. The molecule has 1 fully saturated rings. The number of amides is 1. The summed E-state index contributed by atoms with van der Waals surface area (Å²) in [5, 5.41) is 2.65. The molecular weight excluding hydrogens is 259 g/mol. The zero-order chi connectivity index (χ0) is 14.5. The molecule has 2 aliphatic heterocycles. The van der Waals surface area contributed by atoms with E-state index in [2.05, 4.69) is 10.3 Å². The van der Waals surface area contributed by atoms with E-state index >= 15 is 0 Å². The number of fused-ring (bicyclic) bond motifs is 1. The Labute approximate surface area is 118 Å². The number of pyridine rings is 1. The first-order valence-corrected chi connectivity index (χ1v) is 6.57. The molecule has 2 aliphatic rings. The number of aromatic nitrogens is 1. The highest BCUT2D eigenvalue weighted by molar-refractivity contribution is 6.62. The fraction of sp³-hybridized carbons (Fsp3) is 0.538. The van der Waals surface area contributed by atoms with Gasteiger partial charge in [-0.1, -0.05) is 0 Å². The second-order valence-electron chi connectivity index (χ2n) is 6.04. The Hall–Kier alpha value is -1.60. The average Bonchev–Trinajstić information content (AvgIpc) is 2.58. The summed E-state index contributed by atoms with van der Waals surface area (Å²) in [7, 11) is -0.487. The van der Waals surface area contributed by atoms with Crippen LogP contribution in [0.4, 0.5) is 5.82 Å². The van der Waals surface area contributed by atoms with Gasteiger partial charge >= 0.3 is 7.12 Å². The first-order valence-electron chi connectivity index (χ1n) is 6.57. The van der Waals surface area contributed by atoms with Gasteiger partial charge in [0.1, 0.15) is 0 Å². The Bertz CT molecular complexity index is 557. The molecule has 1 saturated heterocycles. The minimum Gasteiger partial charge on any atom is -0.480 e. The second kappa shape index (κ2) is 4.20. The first-order chi connectivity index (χ1) is 9.28. The molecule has 3 heterocycles. The molecule has 0 saturated carbocycles. The lowest BCUT2D eigenvalue weighted by Gasteiger charge is -2.32. The summed E-state index contributed by atoms with van der Waals surface area (Å²) < 4.78 is 17.3. The number of nitrogens with one attached hydrogen (secondary N) is 1. The SMILES string of the molecule is CC1(C)OB(c2cnc3c(c2)OCC(=O)N3)OC1(C)C. The van der Waals surface area contributed by atoms with Crippen LogP contribution in [-0.2, 0) is 14.1 Å². The zero-order valence-electron chi connectivity index (χ0n) is 12.0. The normalized spacial score (nSPS) is 23.0. The quantitative estimate of drug-likeness (QED) is 0.765. The van der Waals surface area contributed by atoms with Gasteiger partial charge in [-0.15, -0.1) is 0 Å². The number of anilines is 1. The molecule has 106 valence electrons. The van der Waals surface area contributed by atoms with Crippen LogP contribution in [0.2, 0.25) is 0 Å². The van der Waals surface area contributed by atoms with Gasteiger partial charge in [0.15, 0.2) is 18.2 Å². The third kappa shape index (κ3) is 2.07. The van der Waals surface area contributed by atoms with E-state index in [1.54, 1.807) is 12.3 Å². The van der Waals surface area contributed by atoms with Crippen molar-refractivity contribution in [2.45, 2.75) is 38.9 Å². The lowest BCUT2D eigenvalue weighted by atomic mass is 9.80. The highest BCUT2D eigenvalue weighted by Gasteiger charge is 2.52. The maximum Gasteiger partial charge on any atom is 0.496 e. The number of hydrogen-bond acceptors (Lipinski definition) is 5. The topological polar surface area (TPSA) is 69.7 Å². The summed E-state index contributed by atoms with van der Waals surface area (Å²) in [5.41, 5.74) is -0.0239. The summed E-state index contributed by atoms with van der Waals surface area (Å²) >= 11 is 0. The standard InChI is InChI=1S/C13H17BN2O4/c1-12(2)13(3,4)20-14(19-12)8-5-9-11(15-6-8)16-10(17)7-18-9/h5-6H,7H2,1-4H3,(H,15,16,17). The Morgan fingerprint density at radius 1 is 1.25 bits per heavy atom. The van der Waals surface area contributed by atoms with Crippen LogP contribution in [-0.4, -0.2) is 35.8 Å². The van der Waals surface area contributed by atoms with Crippen LogP contribution in [0, 0.1) is 0 Å². The molecule has 0 aromatic carbocycles. The molecule has 1 N–H and O–H groups in total. The van der Waals surface area contributed by atoms with E-state index in [0.717, 1.165) is 5.46 Å². The van der Waals surface area contributed by atoms with E-state index in [1.165, 1.54) is 0 Å². The van der Waals surface area contributed by atoms with Crippen molar-refractivity contribution < 1.29 is 18.8 Å². The molecule has 1 aromatic rings. The molecule has 0 unspecified atom stereocenters. The second-order valence-corrected chi connectivity index (χ2v) is 6.04. The van der Waals surface area contributed by atoms with Gasteiger partial charge in [-0.05, 0) is 33.8 Å². The van der Waals surface area contributed by atoms with Crippen LogP contribution in [0.15, 0.2) is 12.3 Å². The Morgan fingerprint density at radius 2 is 1.90 bits per heavy atom. The van der Waals surface area contributed by atoms with E-state index in [-0.39, 0.29) is 12.5 Å². The van der Waals surface area contributed by atoms with Crippen molar-refractivity contribution >= 4 is 24.3 Å². The van der Waals surface area contributed by atoms with Gasteiger partial charge in [-0.25, -0.2) is 4.98 Å². The minimum atomic E-state index is -0.487. The number of ether oxygens (including phenoxy) is 1. The molecule has 20 heavy (non-hydrogen) atoms. The Kier molecular flexibility index (Phi) is 2.81. The molecule has 0 bridgehead atoms. The van der Waals surface area contributed by atoms with Crippen LogP contribution in [0.5, 0.6) is 5.75 Å². The smallest absolute Gasteiger partial charge is 0.480 e.